The van der Waals surface area contributed by atoms with Gasteiger partial charge in [-0.15, -0.1) is 0 Å². The summed E-state index contributed by atoms with van der Waals surface area (Å²) in [5, 5.41) is 0.549. The number of fused-ring (bicyclic) bond motifs is 1. The van der Waals surface area contributed by atoms with Gasteiger partial charge >= 0.3 is 0 Å². The fourth-order valence-electron chi connectivity index (χ4n) is 2.00. The second-order valence-electron chi connectivity index (χ2n) is 4.46. The minimum Gasteiger partial charge on any atom is -0.379 e. The van der Waals surface area contributed by atoms with E-state index >= 15 is 0 Å². The number of hydrogen-bond acceptors (Lipinski definition) is 6. The number of rotatable bonds is 4. The van der Waals surface area contributed by atoms with Crippen molar-refractivity contribution in [2.45, 2.75) is 4.34 Å². The van der Waals surface area contributed by atoms with Crippen LogP contribution < -0.4 is 0 Å². The molecule has 3 rings (SSSR count). The molecule has 1 aliphatic heterocycles. The molecule has 3 heterocycles. The summed E-state index contributed by atoms with van der Waals surface area (Å²) < 4.78 is 18.2. The highest BCUT2D eigenvalue weighted by molar-refractivity contribution is 7.87. The maximum atomic E-state index is 12.3. The Morgan fingerprint density at radius 3 is 3.05 bits per heavy atom. The van der Waals surface area contributed by atoms with Crippen LogP contribution in [0.25, 0.3) is 10.3 Å². The first-order chi connectivity index (χ1) is 9.72. The summed E-state index contributed by atoms with van der Waals surface area (Å²) in [5.74, 6) is 0.591. The molecule has 0 aromatic carbocycles. The molecule has 1 fully saturated rings. The SMILES string of the molecule is O=S(CCN1CCOCC1)c1nc2cc(Cl)cnc2s1. The smallest absolute Gasteiger partial charge is 0.183 e. The Labute approximate surface area is 128 Å². The third-order valence-electron chi connectivity index (χ3n) is 3.09. The molecule has 1 atom stereocenters. The zero-order valence-corrected chi connectivity index (χ0v) is 13.1. The van der Waals surface area contributed by atoms with E-state index in [1.54, 1.807) is 12.3 Å². The number of thiazole rings is 1. The molecule has 0 bridgehead atoms. The predicted molar refractivity (Wildman–Crippen MR) is 81.0 cm³/mol. The molecule has 8 heteroatoms. The van der Waals surface area contributed by atoms with E-state index in [1.165, 1.54) is 11.3 Å². The lowest BCUT2D eigenvalue weighted by Gasteiger charge is -2.25. The van der Waals surface area contributed by atoms with Crippen LogP contribution in [0.2, 0.25) is 5.02 Å². The summed E-state index contributed by atoms with van der Waals surface area (Å²) in [6.07, 6.45) is 1.59. The highest BCUT2D eigenvalue weighted by Crippen LogP contribution is 2.24. The second kappa shape index (κ2) is 6.44. The summed E-state index contributed by atoms with van der Waals surface area (Å²) in [7, 11) is -1.08. The van der Waals surface area contributed by atoms with Gasteiger partial charge in [-0.05, 0) is 6.07 Å². The Morgan fingerprint density at radius 2 is 2.25 bits per heavy atom. The summed E-state index contributed by atoms with van der Waals surface area (Å²) in [5.41, 5.74) is 0.720. The Bertz CT molecular complexity index is 628. The Hall–Kier alpha value is -0.600. The van der Waals surface area contributed by atoms with Crippen molar-refractivity contribution in [1.82, 2.24) is 14.9 Å². The maximum Gasteiger partial charge on any atom is 0.183 e. The lowest BCUT2D eigenvalue weighted by atomic mass is 10.4. The van der Waals surface area contributed by atoms with Crippen LogP contribution in [0.5, 0.6) is 0 Å². The van der Waals surface area contributed by atoms with Crippen molar-refractivity contribution in [1.29, 1.82) is 0 Å². The first-order valence-electron chi connectivity index (χ1n) is 6.33. The molecule has 0 radical (unpaired) electrons. The summed E-state index contributed by atoms with van der Waals surface area (Å²) in [6.45, 7) is 4.15. The van der Waals surface area contributed by atoms with E-state index < -0.39 is 10.8 Å². The van der Waals surface area contributed by atoms with Crippen LogP contribution in [-0.2, 0) is 15.5 Å². The third-order valence-corrected chi connectivity index (χ3v) is 5.91. The first kappa shape index (κ1) is 14.3. The van der Waals surface area contributed by atoms with Crippen molar-refractivity contribution in [2.24, 2.45) is 0 Å². The van der Waals surface area contributed by atoms with Crippen molar-refractivity contribution in [2.75, 3.05) is 38.6 Å². The summed E-state index contributed by atoms with van der Waals surface area (Å²) in [4.78, 5) is 11.6. The highest BCUT2D eigenvalue weighted by Gasteiger charge is 2.15. The first-order valence-corrected chi connectivity index (χ1v) is 8.84. The minimum atomic E-state index is -1.08. The molecule has 0 N–H and O–H groups in total. The van der Waals surface area contributed by atoms with Crippen LogP contribution in [0.1, 0.15) is 0 Å². The average Bonchev–Trinajstić information content (AvgIpc) is 2.89. The van der Waals surface area contributed by atoms with E-state index in [9.17, 15) is 4.21 Å². The van der Waals surface area contributed by atoms with Gasteiger partial charge in [-0.3, -0.25) is 9.11 Å². The van der Waals surface area contributed by atoms with Gasteiger partial charge in [-0.2, -0.15) is 0 Å². The molecular formula is C12H14ClN3O2S2. The standard InChI is InChI=1S/C12H14ClN3O2S2/c13-9-7-10-11(14-8-9)19-12(15-10)20(17)6-3-16-1-4-18-5-2-16/h7-8H,1-6H2. The van der Waals surface area contributed by atoms with Crippen LogP contribution in [-0.4, -0.2) is 57.7 Å². The summed E-state index contributed by atoms with van der Waals surface area (Å²) in [6, 6.07) is 1.75. The van der Waals surface area contributed by atoms with Gasteiger partial charge < -0.3 is 4.74 Å². The second-order valence-corrected chi connectivity index (χ2v) is 7.62. The number of morpholine rings is 1. The molecule has 2 aromatic heterocycles. The number of nitrogens with zero attached hydrogens (tertiary/aromatic N) is 3. The van der Waals surface area contributed by atoms with E-state index in [-0.39, 0.29) is 0 Å². The van der Waals surface area contributed by atoms with Crippen molar-refractivity contribution >= 4 is 44.1 Å². The van der Waals surface area contributed by atoms with Crippen molar-refractivity contribution in [3.63, 3.8) is 0 Å². The molecular weight excluding hydrogens is 318 g/mol. The molecule has 0 spiro atoms. The topological polar surface area (TPSA) is 55.3 Å². The molecule has 20 heavy (non-hydrogen) atoms. The predicted octanol–water partition coefficient (Wildman–Crippen LogP) is 1.78. The zero-order chi connectivity index (χ0) is 13.9. The van der Waals surface area contributed by atoms with Crippen LogP contribution >= 0.6 is 22.9 Å². The molecule has 5 nitrogen and oxygen atoms in total. The fraction of sp³-hybridized carbons (Fsp3) is 0.500. The van der Waals surface area contributed by atoms with Gasteiger partial charge in [-0.25, -0.2) is 9.97 Å². The molecule has 0 amide bonds. The number of aromatic nitrogens is 2. The normalized spacial score (nSPS) is 18.4. The van der Waals surface area contributed by atoms with E-state index in [0.29, 0.717) is 15.1 Å². The van der Waals surface area contributed by atoms with Crippen LogP contribution in [0.15, 0.2) is 16.6 Å². The van der Waals surface area contributed by atoms with Gasteiger partial charge in [-0.1, -0.05) is 22.9 Å². The van der Waals surface area contributed by atoms with Gasteiger partial charge in [0.15, 0.2) is 4.34 Å². The van der Waals surface area contributed by atoms with Gasteiger partial charge in [0, 0.05) is 31.6 Å². The highest BCUT2D eigenvalue weighted by atomic mass is 35.5. The zero-order valence-electron chi connectivity index (χ0n) is 10.7. The van der Waals surface area contributed by atoms with Gasteiger partial charge in [0.2, 0.25) is 0 Å². The monoisotopic (exact) mass is 331 g/mol. The van der Waals surface area contributed by atoms with Crippen molar-refractivity contribution in [3.05, 3.63) is 17.3 Å². The number of hydrogen-bond donors (Lipinski definition) is 0. The van der Waals surface area contributed by atoms with Crippen LogP contribution in [0.3, 0.4) is 0 Å². The Balaban J connectivity index is 1.65. The molecule has 1 unspecified atom stereocenters. The minimum absolute atomic E-state index is 0.549. The third kappa shape index (κ3) is 3.35. The maximum absolute atomic E-state index is 12.3. The Morgan fingerprint density at radius 1 is 1.45 bits per heavy atom. The molecule has 0 saturated carbocycles. The van der Waals surface area contributed by atoms with Crippen LogP contribution in [0.4, 0.5) is 0 Å². The fourth-order valence-corrected chi connectivity index (χ4v) is 4.43. The summed E-state index contributed by atoms with van der Waals surface area (Å²) >= 11 is 7.25. The molecule has 2 aromatic rings. The van der Waals surface area contributed by atoms with Gasteiger partial charge in [0.1, 0.15) is 10.3 Å². The van der Waals surface area contributed by atoms with Crippen LogP contribution in [0, 0.1) is 0 Å². The number of ether oxygens (including phenoxy) is 1. The molecule has 1 saturated heterocycles. The lowest BCUT2D eigenvalue weighted by molar-refractivity contribution is 0.0409. The number of pyridine rings is 1. The van der Waals surface area contributed by atoms with Gasteiger partial charge in [0.05, 0.1) is 29.0 Å². The molecule has 0 aliphatic carbocycles. The van der Waals surface area contributed by atoms with E-state index in [0.717, 1.165) is 43.2 Å². The van der Waals surface area contributed by atoms with E-state index in [4.69, 9.17) is 16.3 Å². The lowest BCUT2D eigenvalue weighted by Crippen LogP contribution is -2.38. The Kier molecular flexibility index (Phi) is 4.62. The van der Waals surface area contributed by atoms with Gasteiger partial charge in [0.25, 0.3) is 0 Å². The van der Waals surface area contributed by atoms with Crippen molar-refractivity contribution in [3.8, 4) is 0 Å². The molecule has 108 valence electrons. The van der Waals surface area contributed by atoms with E-state index in [1.807, 2.05) is 0 Å². The number of halogens is 1. The molecule has 1 aliphatic rings. The quantitative estimate of drug-likeness (QED) is 0.855. The average molecular weight is 332 g/mol. The largest absolute Gasteiger partial charge is 0.379 e. The van der Waals surface area contributed by atoms with E-state index in [2.05, 4.69) is 14.9 Å². The van der Waals surface area contributed by atoms with Crippen molar-refractivity contribution < 1.29 is 8.95 Å².